The average Bonchev–Trinajstić information content (AvgIpc) is 2.78. The van der Waals surface area contributed by atoms with Gasteiger partial charge in [-0.2, -0.15) is 0 Å². The fourth-order valence-corrected chi connectivity index (χ4v) is 1.23. The number of hydrogen-bond donors (Lipinski definition) is 1. The van der Waals surface area contributed by atoms with Gasteiger partial charge in [0.15, 0.2) is 0 Å². The Morgan fingerprint density at radius 3 is 2.27 bits per heavy atom. The molecular weight excluding hydrogens is 198 g/mol. The zero-order valence-corrected chi connectivity index (χ0v) is 9.20. The minimum atomic E-state index is -1.25. The van der Waals surface area contributed by atoms with Gasteiger partial charge < -0.3 is 20.0 Å². The molecule has 86 valence electrons. The summed E-state index contributed by atoms with van der Waals surface area (Å²) in [7, 11) is 0. The van der Waals surface area contributed by atoms with Gasteiger partial charge in [0.05, 0.1) is 12.0 Å². The Bertz CT molecular complexity index is 265. The molecule has 0 bridgehead atoms. The van der Waals surface area contributed by atoms with E-state index in [1.54, 1.807) is 20.8 Å². The van der Waals surface area contributed by atoms with Crippen LogP contribution in [0.15, 0.2) is 0 Å². The van der Waals surface area contributed by atoms with Crippen molar-refractivity contribution < 1.29 is 19.4 Å². The highest BCUT2D eigenvalue weighted by molar-refractivity contribution is 5.79. The summed E-state index contributed by atoms with van der Waals surface area (Å²) in [4.78, 5) is 22.0. The van der Waals surface area contributed by atoms with E-state index in [2.05, 4.69) is 5.32 Å². The zero-order valence-electron chi connectivity index (χ0n) is 9.20. The molecule has 0 aliphatic heterocycles. The second kappa shape index (κ2) is 4.08. The first-order valence-electron chi connectivity index (χ1n) is 5.00. The molecule has 0 unspecified atom stereocenters. The second-order valence-electron chi connectivity index (χ2n) is 4.78. The number of alkyl carbamates (subject to hydrolysis) is 1. The van der Waals surface area contributed by atoms with Crippen molar-refractivity contribution in [3.8, 4) is 0 Å². The van der Waals surface area contributed by atoms with Gasteiger partial charge >= 0.3 is 6.09 Å². The molecular formula is C10H16NO4-. The molecule has 1 atom stereocenters. The standard InChI is InChI=1S/C10H17NO4/c1-10(2,3)15-9(14)11-7(8(12)13)6-4-5-6/h6-7H,4-5H2,1-3H3,(H,11,14)(H,12,13)/p-1/t7-/m0/s1. The van der Waals surface area contributed by atoms with Crippen molar-refractivity contribution >= 4 is 12.1 Å². The molecule has 1 amide bonds. The predicted molar refractivity (Wildman–Crippen MR) is 50.9 cm³/mol. The summed E-state index contributed by atoms with van der Waals surface area (Å²) in [6.45, 7) is 5.16. The zero-order chi connectivity index (χ0) is 11.6. The third-order valence-electron chi connectivity index (χ3n) is 2.02. The van der Waals surface area contributed by atoms with E-state index in [-0.39, 0.29) is 5.92 Å². The molecule has 1 rings (SSSR count). The van der Waals surface area contributed by atoms with Crippen LogP contribution < -0.4 is 10.4 Å². The summed E-state index contributed by atoms with van der Waals surface area (Å²) in [5, 5.41) is 13.0. The molecule has 1 aliphatic carbocycles. The molecule has 1 saturated carbocycles. The Balaban J connectivity index is 2.44. The Morgan fingerprint density at radius 1 is 1.40 bits per heavy atom. The summed E-state index contributed by atoms with van der Waals surface area (Å²) in [6.07, 6.45) is 0.923. The van der Waals surface area contributed by atoms with E-state index in [0.717, 1.165) is 12.8 Å². The van der Waals surface area contributed by atoms with Crippen LogP contribution in [0.25, 0.3) is 0 Å². The first-order chi connectivity index (χ1) is 6.79. The van der Waals surface area contributed by atoms with Crippen LogP contribution in [0.4, 0.5) is 4.79 Å². The largest absolute Gasteiger partial charge is 0.548 e. The molecule has 5 heteroatoms. The number of amides is 1. The molecule has 0 aromatic heterocycles. The third kappa shape index (κ3) is 4.18. The number of carboxylic acid groups (broad SMARTS) is 1. The van der Waals surface area contributed by atoms with Gasteiger partial charge in [0.1, 0.15) is 5.60 Å². The Kier molecular flexibility index (Phi) is 3.21. The summed E-state index contributed by atoms with van der Waals surface area (Å²) in [5.41, 5.74) is -0.621. The Hall–Kier alpha value is -1.26. The van der Waals surface area contributed by atoms with Gasteiger partial charge in [-0.1, -0.05) is 0 Å². The van der Waals surface area contributed by atoms with Crippen LogP contribution in [-0.4, -0.2) is 23.7 Å². The lowest BCUT2D eigenvalue weighted by atomic mass is 10.2. The summed E-state index contributed by atoms with van der Waals surface area (Å²) >= 11 is 0. The lowest BCUT2D eigenvalue weighted by Crippen LogP contribution is -2.50. The van der Waals surface area contributed by atoms with E-state index < -0.39 is 23.7 Å². The minimum Gasteiger partial charge on any atom is -0.548 e. The smallest absolute Gasteiger partial charge is 0.408 e. The number of carbonyl (C=O) groups is 2. The number of aliphatic carboxylic acids is 1. The van der Waals surface area contributed by atoms with E-state index in [0.29, 0.717) is 0 Å². The number of ether oxygens (including phenoxy) is 1. The van der Waals surface area contributed by atoms with Crippen LogP contribution in [-0.2, 0) is 9.53 Å². The normalized spacial score (nSPS) is 18.1. The van der Waals surface area contributed by atoms with E-state index in [9.17, 15) is 14.7 Å². The third-order valence-corrected chi connectivity index (χ3v) is 2.02. The van der Waals surface area contributed by atoms with Crippen molar-refractivity contribution in [2.24, 2.45) is 5.92 Å². The molecule has 5 nitrogen and oxygen atoms in total. The van der Waals surface area contributed by atoms with Crippen LogP contribution in [0, 0.1) is 5.92 Å². The summed E-state index contributed by atoms with van der Waals surface area (Å²) in [6, 6.07) is -0.917. The van der Waals surface area contributed by atoms with Crippen molar-refractivity contribution in [1.82, 2.24) is 5.32 Å². The molecule has 0 radical (unpaired) electrons. The van der Waals surface area contributed by atoms with Gasteiger partial charge in [0.25, 0.3) is 0 Å². The van der Waals surface area contributed by atoms with Crippen LogP contribution >= 0.6 is 0 Å². The van der Waals surface area contributed by atoms with E-state index in [1.165, 1.54) is 0 Å². The molecule has 0 saturated heterocycles. The molecule has 0 aromatic rings. The van der Waals surface area contributed by atoms with Crippen LogP contribution in [0.2, 0.25) is 0 Å². The lowest BCUT2D eigenvalue weighted by molar-refractivity contribution is -0.308. The van der Waals surface area contributed by atoms with Crippen molar-refractivity contribution in [2.75, 3.05) is 0 Å². The SMILES string of the molecule is CC(C)(C)OC(=O)N[C@H](C(=O)[O-])C1CC1. The monoisotopic (exact) mass is 214 g/mol. The van der Waals surface area contributed by atoms with Crippen LogP contribution in [0.3, 0.4) is 0 Å². The van der Waals surface area contributed by atoms with E-state index in [1.807, 2.05) is 0 Å². The average molecular weight is 214 g/mol. The number of nitrogens with one attached hydrogen (secondary N) is 1. The van der Waals surface area contributed by atoms with E-state index in [4.69, 9.17) is 4.74 Å². The van der Waals surface area contributed by atoms with Gasteiger partial charge in [-0.3, -0.25) is 0 Å². The fourth-order valence-electron chi connectivity index (χ4n) is 1.23. The van der Waals surface area contributed by atoms with E-state index >= 15 is 0 Å². The topological polar surface area (TPSA) is 78.5 Å². The molecule has 15 heavy (non-hydrogen) atoms. The van der Waals surface area contributed by atoms with Crippen molar-refractivity contribution in [2.45, 2.75) is 45.3 Å². The van der Waals surface area contributed by atoms with Crippen molar-refractivity contribution in [3.05, 3.63) is 0 Å². The summed E-state index contributed by atoms with van der Waals surface area (Å²) in [5.74, 6) is -1.24. The number of carboxylic acids is 1. The van der Waals surface area contributed by atoms with Crippen molar-refractivity contribution in [1.29, 1.82) is 0 Å². The first-order valence-corrected chi connectivity index (χ1v) is 5.00. The molecule has 1 N–H and O–H groups in total. The van der Waals surface area contributed by atoms with Gasteiger partial charge in [-0.05, 0) is 39.5 Å². The Morgan fingerprint density at radius 2 is 1.93 bits per heavy atom. The quantitative estimate of drug-likeness (QED) is 0.719. The fraction of sp³-hybridized carbons (Fsp3) is 0.800. The highest BCUT2D eigenvalue weighted by Crippen LogP contribution is 2.32. The maximum atomic E-state index is 11.3. The highest BCUT2D eigenvalue weighted by atomic mass is 16.6. The molecule has 1 fully saturated rings. The molecule has 0 spiro atoms. The van der Waals surface area contributed by atoms with Gasteiger partial charge in [-0.25, -0.2) is 4.79 Å². The first kappa shape index (κ1) is 11.8. The molecule has 0 heterocycles. The highest BCUT2D eigenvalue weighted by Gasteiger charge is 2.34. The van der Waals surface area contributed by atoms with Gasteiger partial charge in [0.2, 0.25) is 0 Å². The van der Waals surface area contributed by atoms with Gasteiger partial charge in [-0.15, -0.1) is 0 Å². The minimum absolute atomic E-state index is 0.00233. The molecule has 1 aliphatic rings. The van der Waals surface area contributed by atoms with Crippen molar-refractivity contribution in [3.63, 3.8) is 0 Å². The number of rotatable bonds is 3. The maximum absolute atomic E-state index is 11.3. The molecule has 0 aromatic carbocycles. The van der Waals surface area contributed by atoms with Crippen LogP contribution in [0.1, 0.15) is 33.6 Å². The maximum Gasteiger partial charge on any atom is 0.408 e. The number of hydrogen-bond acceptors (Lipinski definition) is 4. The second-order valence-corrected chi connectivity index (χ2v) is 4.78. The summed E-state index contributed by atoms with van der Waals surface area (Å²) < 4.78 is 4.96. The predicted octanol–water partition coefficient (Wildman–Crippen LogP) is 0.0396. The lowest BCUT2D eigenvalue weighted by Gasteiger charge is -2.24. The number of carbonyl (C=O) groups excluding carboxylic acids is 2. The van der Waals surface area contributed by atoms with Crippen LogP contribution in [0.5, 0.6) is 0 Å². The Labute approximate surface area is 88.8 Å². The van der Waals surface area contributed by atoms with Gasteiger partial charge in [0, 0.05) is 0 Å².